The van der Waals surface area contributed by atoms with E-state index in [9.17, 15) is 0 Å². The third kappa shape index (κ3) is 1.91. The largest absolute Gasteiger partial charge is 0.0683 e. The number of fused-ring (bicyclic) bond motifs is 2. The van der Waals surface area contributed by atoms with Crippen LogP contribution in [0.5, 0.6) is 0 Å². The molecule has 0 radical (unpaired) electrons. The topological polar surface area (TPSA) is 0 Å². The smallest absolute Gasteiger partial charge is 0.00576 e. The number of hydrogen-bond donors (Lipinski definition) is 0. The molecule has 0 aromatic heterocycles. The minimum Gasteiger partial charge on any atom is -0.0683 e. The van der Waals surface area contributed by atoms with E-state index in [2.05, 4.69) is 75.4 Å². The molecule has 0 spiro atoms. The quantitative estimate of drug-likeness (QED) is 0.507. The highest BCUT2D eigenvalue weighted by atomic mass is 14.2. The molecule has 0 atom stereocenters. The molecule has 0 heteroatoms. The highest BCUT2D eigenvalue weighted by Crippen LogP contribution is 2.39. The Morgan fingerprint density at radius 1 is 0.818 bits per heavy atom. The lowest BCUT2D eigenvalue weighted by molar-refractivity contribution is 1.14. The second kappa shape index (κ2) is 4.84. The van der Waals surface area contributed by atoms with Gasteiger partial charge in [0.2, 0.25) is 0 Å². The third-order valence-electron chi connectivity index (χ3n) is 4.95. The van der Waals surface area contributed by atoms with Gasteiger partial charge in [0.15, 0.2) is 0 Å². The summed E-state index contributed by atoms with van der Waals surface area (Å²) in [5.41, 5.74) is 9.98. The Kier molecular flexibility index (Phi) is 2.94. The van der Waals surface area contributed by atoms with Crippen molar-refractivity contribution in [3.05, 3.63) is 76.4 Å². The van der Waals surface area contributed by atoms with E-state index in [-0.39, 0.29) is 0 Å². The van der Waals surface area contributed by atoms with Crippen LogP contribution in [0.4, 0.5) is 0 Å². The van der Waals surface area contributed by atoms with E-state index < -0.39 is 0 Å². The number of allylic oxidation sites excluding steroid dienone is 1. The van der Waals surface area contributed by atoms with Crippen molar-refractivity contribution in [1.29, 1.82) is 0 Å². The van der Waals surface area contributed by atoms with Gasteiger partial charge in [-0.25, -0.2) is 0 Å². The SMILES string of the molecule is CC1=Cc2c(-c3cccc4ccccc34)cc(C)c(C)c2C1. The molecule has 0 saturated carbocycles. The lowest BCUT2D eigenvalue weighted by atomic mass is 9.89. The van der Waals surface area contributed by atoms with E-state index in [1.165, 1.54) is 49.7 Å². The summed E-state index contributed by atoms with van der Waals surface area (Å²) in [5.74, 6) is 0. The van der Waals surface area contributed by atoms with Gasteiger partial charge < -0.3 is 0 Å². The third-order valence-corrected chi connectivity index (χ3v) is 4.95. The molecule has 0 heterocycles. The normalized spacial score (nSPS) is 13.3. The van der Waals surface area contributed by atoms with Crippen LogP contribution in [0.15, 0.2) is 54.1 Å². The average molecular weight is 284 g/mol. The maximum absolute atomic E-state index is 2.37. The first-order chi connectivity index (χ1) is 10.6. The molecule has 22 heavy (non-hydrogen) atoms. The van der Waals surface area contributed by atoms with Crippen LogP contribution in [0, 0.1) is 13.8 Å². The first-order valence-corrected chi connectivity index (χ1v) is 7.93. The van der Waals surface area contributed by atoms with E-state index in [1.807, 2.05) is 0 Å². The van der Waals surface area contributed by atoms with Crippen LogP contribution in [0.2, 0.25) is 0 Å². The molecular weight excluding hydrogens is 264 g/mol. The monoisotopic (exact) mass is 284 g/mol. The molecule has 4 rings (SSSR count). The lowest BCUT2D eigenvalue weighted by Crippen LogP contribution is -1.96. The Labute approximate surface area is 132 Å². The second-order valence-electron chi connectivity index (χ2n) is 6.45. The van der Waals surface area contributed by atoms with Crippen LogP contribution < -0.4 is 0 Å². The minimum atomic E-state index is 1.10. The zero-order valence-corrected chi connectivity index (χ0v) is 13.4. The summed E-state index contributed by atoms with van der Waals surface area (Å²) in [5, 5.41) is 2.65. The van der Waals surface area contributed by atoms with E-state index in [4.69, 9.17) is 0 Å². The van der Waals surface area contributed by atoms with Crippen LogP contribution in [-0.4, -0.2) is 0 Å². The molecule has 0 saturated heterocycles. The number of rotatable bonds is 1. The maximum atomic E-state index is 2.37. The van der Waals surface area contributed by atoms with Crippen LogP contribution in [0.25, 0.3) is 28.0 Å². The number of aryl methyl sites for hydroxylation is 1. The van der Waals surface area contributed by atoms with Crippen molar-refractivity contribution >= 4 is 16.8 Å². The Balaban J connectivity index is 2.08. The van der Waals surface area contributed by atoms with E-state index in [0.29, 0.717) is 0 Å². The average Bonchev–Trinajstić information content (AvgIpc) is 2.92. The molecule has 0 aliphatic heterocycles. The maximum Gasteiger partial charge on any atom is -0.00576 e. The summed E-state index contributed by atoms with van der Waals surface area (Å²) in [4.78, 5) is 0. The lowest BCUT2D eigenvalue weighted by Gasteiger charge is -2.15. The van der Waals surface area contributed by atoms with Crippen molar-refractivity contribution < 1.29 is 0 Å². The van der Waals surface area contributed by atoms with Gasteiger partial charge in [-0.2, -0.15) is 0 Å². The number of hydrogen-bond acceptors (Lipinski definition) is 0. The second-order valence-corrected chi connectivity index (χ2v) is 6.45. The summed E-state index contributed by atoms with van der Waals surface area (Å²) in [6, 6.07) is 17.7. The van der Waals surface area contributed by atoms with Gasteiger partial charge in [-0.15, -0.1) is 0 Å². The Hall–Kier alpha value is -2.34. The fraction of sp³-hybridized carbons (Fsp3) is 0.182. The molecule has 0 nitrogen and oxygen atoms in total. The van der Waals surface area contributed by atoms with Crippen molar-refractivity contribution in [3.8, 4) is 11.1 Å². The minimum absolute atomic E-state index is 1.10. The van der Waals surface area contributed by atoms with Crippen LogP contribution >= 0.6 is 0 Å². The molecule has 0 amide bonds. The standard InChI is InChI=1S/C22H20/c1-14-11-20-16(3)15(2)13-22(21(20)12-14)19-10-6-8-17-7-4-5-9-18(17)19/h4-10,12-13H,11H2,1-3H3. The summed E-state index contributed by atoms with van der Waals surface area (Å²) >= 11 is 0. The highest BCUT2D eigenvalue weighted by molar-refractivity contribution is 5.99. The summed E-state index contributed by atoms with van der Waals surface area (Å²) in [6.07, 6.45) is 3.47. The molecule has 0 bridgehead atoms. The molecule has 0 fully saturated rings. The van der Waals surface area contributed by atoms with Crippen molar-refractivity contribution in [2.24, 2.45) is 0 Å². The van der Waals surface area contributed by atoms with Gasteiger partial charge >= 0.3 is 0 Å². The van der Waals surface area contributed by atoms with Crippen LogP contribution in [-0.2, 0) is 6.42 Å². The van der Waals surface area contributed by atoms with E-state index in [1.54, 1.807) is 0 Å². The molecule has 3 aromatic rings. The molecular formula is C22H20. The van der Waals surface area contributed by atoms with E-state index in [0.717, 1.165) is 6.42 Å². The van der Waals surface area contributed by atoms with Crippen molar-refractivity contribution in [2.75, 3.05) is 0 Å². The Bertz CT molecular complexity index is 921. The first-order valence-electron chi connectivity index (χ1n) is 7.93. The van der Waals surface area contributed by atoms with Crippen molar-refractivity contribution in [2.45, 2.75) is 27.2 Å². The van der Waals surface area contributed by atoms with Gasteiger partial charge in [-0.3, -0.25) is 0 Å². The molecule has 1 aliphatic carbocycles. The predicted octanol–water partition coefficient (Wildman–Crippen LogP) is 6.08. The van der Waals surface area contributed by atoms with Gasteiger partial charge in [0.05, 0.1) is 0 Å². The number of benzene rings is 3. The van der Waals surface area contributed by atoms with Gasteiger partial charge in [-0.05, 0) is 71.3 Å². The zero-order chi connectivity index (χ0) is 15.3. The molecule has 0 unspecified atom stereocenters. The van der Waals surface area contributed by atoms with E-state index >= 15 is 0 Å². The predicted molar refractivity (Wildman–Crippen MR) is 96.2 cm³/mol. The van der Waals surface area contributed by atoms with Crippen LogP contribution in [0.1, 0.15) is 29.2 Å². The summed E-state index contributed by atoms with van der Waals surface area (Å²) < 4.78 is 0. The van der Waals surface area contributed by atoms with Gasteiger partial charge in [0.25, 0.3) is 0 Å². The molecule has 3 aromatic carbocycles. The highest BCUT2D eigenvalue weighted by Gasteiger charge is 2.19. The van der Waals surface area contributed by atoms with Crippen LogP contribution in [0.3, 0.4) is 0 Å². The molecule has 108 valence electrons. The fourth-order valence-corrected chi connectivity index (χ4v) is 3.66. The Morgan fingerprint density at radius 2 is 1.59 bits per heavy atom. The zero-order valence-electron chi connectivity index (χ0n) is 13.4. The van der Waals surface area contributed by atoms with Gasteiger partial charge in [-0.1, -0.05) is 60.2 Å². The first kappa shape index (κ1) is 13.3. The van der Waals surface area contributed by atoms with Gasteiger partial charge in [0, 0.05) is 0 Å². The fourth-order valence-electron chi connectivity index (χ4n) is 3.66. The Morgan fingerprint density at radius 3 is 2.45 bits per heavy atom. The molecule has 1 aliphatic rings. The van der Waals surface area contributed by atoms with Crippen molar-refractivity contribution in [1.82, 2.24) is 0 Å². The summed E-state index contributed by atoms with van der Waals surface area (Å²) in [7, 11) is 0. The van der Waals surface area contributed by atoms with Gasteiger partial charge in [0.1, 0.15) is 0 Å². The molecule has 0 N–H and O–H groups in total. The van der Waals surface area contributed by atoms with Crippen molar-refractivity contribution in [3.63, 3.8) is 0 Å². The summed E-state index contributed by atoms with van der Waals surface area (Å²) in [6.45, 7) is 6.73.